The zero-order valence-corrected chi connectivity index (χ0v) is 15.8. The number of esters is 1. The lowest BCUT2D eigenvalue weighted by atomic mass is 9.64. The van der Waals surface area contributed by atoms with E-state index in [0.29, 0.717) is 22.9 Å². The van der Waals surface area contributed by atoms with Gasteiger partial charge in [-0.1, -0.05) is 36.2 Å². The number of halogens is 1. The Morgan fingerprint density at radius 3 is 2.50 bits per heavy atom. The van der Waals surface area contributed by atoms with Gasteiger partial charge in [-0.15, -0.1) is 0 Å². The molecule has 1 aliphatic carbocycles. The number of hydrogen-bond acceptors (Lipinski definition) is 3. The van der Waals surface area contributed by atoms with Crippen LogP contribution >= 0.6 is 11.6 Å². The molecular weight excluding hydrogens is 350 g/mol. The van der Waals surface area contributed by atoms with Crippen LogP contribution in [0.2, 0.25) is 5.02 Å². The highest BCUT2D eigenvalue weighted by Crippen LogP contribution is 2.45. The third kappa shape index (κ3) is 3.47. The van der Waals surface area contributed by atoms with E-state index in [1.54, 1.807) is 42.3 Å². The number of ether oxygens (including phenoxy) is 1. The van der Waals surface area contributed by atoms with Crippen LogP contribution in [0.25, 0.3) is 0 Å². The highest BCUT2D eigenvalue weighted by atomic mass is 35.5. The Balaban J connectivity index is 1.82. The molecule has 0 heterocycles. The first-order valence-corrected chi connectivity index (χ1v) is 9.18. The molecule has 1 fully saturated rings. The van der Waals surface area contributed by atoms with Crippen molar-refractivity contribution >= 4 is 23.5 Å². The van der Waals surface area contributed by atoms with E-state index < -0.39 is 5.41 Å². The maximum atomic E-state index is 12.9. The minimum Gasteiger partial charge on any atom is -0.426 e. The van der Waals surface area contributed by atoms with Gasteiger partial charge in [0.05, 0.1) is 5.41 Å². The van der Waals surface area contributed by atoms with Crippen molar-refractivity contribution < 1.29 is 14.3 Å². The zero-order valence-electron chi connectivity index (χ0n) is 15.0. The molecular formula is C21H22ClNO3. The van der Waals surface area contributed by atoms with Crippen molar-refractivity contribution in [2.45, 2.75) is 31.6 Å². The second-order valence-corrected chi connectivity index (χ2v) is 7.12. The van der Waals surface area contributed by atoms with Crippen LogP contribution in [0.15, 0.2) is 48.5 Å². The molecule has 2 aromatic rings. The molecule has 5 heteroatoms. The molecule has 1 aliphatic rings. The lowest BCUT2D eigenvalue weighted by molar-refractivity contribution is -0.144. The van der Waals surface area contributed by atoms with E-state index in [-0.39, 0.29) is 11.9 Å². The highest BCUT2D eigenvalue weighted by Gasteiger charge is 2.47. The summed E-state index contributed by atoms with van der Waals surface area (Å²) in [5, 5.41) is 0.608. The van der Waals surface area contributed by atoms with E-state index >= 15 is 0 Å². The number of benzene rings is 2. The average molecular weight is 372 g/mol. The lowest BCUT2D eigenvalue weighted by Crippen LogP contribution is -2.45. The number of hydrogen-bond donors (Lipinski definition) is 0. The third-order valence-electron chi connectivity index (χ3n) is 5.09. The van der Waals surface area contributed by atoms with Crippen LogP contribution in [0.1, 0.15) is 42.1 Å². The van der Waals surface area contributed by atoms with E-state index in [4.69, 9.17) is 16.3 Å². The molecule has 0 N–H and O–H groups in total. The van der Waals surface area contributed by atoms with E-state index in [1.165, 1.54) is 0 Å². The SMILES string of the molecule is CCN(C)C(=O)c1cccc(OC(=O)C2(c3cccc(Cl)c3)CCC2)c1. The number of amides is 1. The molecule has 3 rings (SSSR count). The fourth-order valence-electron chi connectivity index (χ4n) is 3.19. The van der Waals surface area contributed by atoms with Gasteiger partial charge in [-0.25, -0.2) is 0 Å². The van der Waals surface area contributed by atoms with Gasteiger partial charge in [0, 0.05) is 24.2 Å². The van der Waals surface area contributed by atoms with Crippen molar-refractivity contribution in [2.75, 3.05) is 13.6 Å². The Bertz CT molecular complexity index is 830. The Morgan fingerprint density at radius 2 is 1.88 bits per heavy atom. The second-order valence-electron chi connectivity index (χ2n) is 6.68. The van der Waals surface area contributed by atoms with Crippen molar-refractivity contribution in [3.63, 3.8) is 0 Å². The summed E-state index contributed by atoms with van der Waals surface area (Å²) in [4.78, 5) is 26.9. The lowest BCUT2D eigenvalue weighted by Gasteiger charge is -2.39. The van der Waals surface area contributed by atoms with Crippen molar-refractivity contribution in [3.8, 4) is 5.75 Å². The summed E-state index contributed by atoms with van der Waals surface area (Å²) in [5.41, 5.74) is 0.745. The predicted molar refractivity (Wildman–Crippen MR) is 102 cm³/mol. The van der Waals surface area contributed by atoms with Gasteiger partial charge in [-0.3, -0.25) is 9.59 Å². The topological polar surface area (TPSA) is 46.6 Å². The maximum Gasteiger partial charge on any atom is 0.321 e. The van der Waals surface area contributed by atoms with Crippen LogP contribution in [0.3, 0.4) is 0 Å². The monoisotopic (exact) mass is 371 g/mol. The molecule has 0 spiro atoms. The smallest absolute Gasteiger partial charge is 0.321 e. The Kier molecular flexibility index (Phi) is 5.33. The molecule has 4 nitrogen and oxygen atoms in total. The van der Waals surface area contributed by atoms with Crippen LogP contribution < -0.4 is 4.74 Å². The number of nitrogens with zero attached hydrogens (tertiary/aromatic N) is 1. The summed E-state index contributed by atoms with van der Waals surface area (Å²) in [7, 11) is 1.74. The van der Waals surface area contributed by atoms with Gasteiger partial charge in [0.2, 0.25) is 0 Å². The van der Waals surface area contributed by atoms with Crippen molar-refractivity contribution in [3.05, 3.63) is 64.7 Å². The molecule has 26 heavy (non-hydrogen) atoms. The first kappa shape index (κ1) is 18.5. The first-order chi connectivity index (χ1) is 12.5. The van der Waals surface area contributed by atoms with Gasteiger partial charge in [-0.2, -0.15) is 0 Å². The van der Waals surface area contributed by atoms with E-state index in [0.717, 1.165) is 24.8 Å². The summed E-state index contributed by atoms with van der Waals surface area (Å²) in [6.45, 7) is 2.52. The Labute approximate surface area is 158 Å². The van der Waals surface area contributed by atoms with Crippen molar-refractivity contribution in [2.24, 2.45) is 0 Å². The third-order valence-corrected chi connectivity index (χ3v) is 5.32. The van der Waals surface area contributed by atoms with Crippen LogP contribution in [-0.2, 0) is 10.2 Å². The summed E-state index contributed by atoms with van der Waals surface area (Å²) in [5.74, 6) is -0.00304. The minimum atomic E-state index is -0.648. The standard InChI is InChI=1S/C21H22ClNO3/c1-3-23(2)19(24)15-7-4-10-18(13-15)26-20(25)21(11-6-12-21)16-8-5-9-17(22)14-16/h4-5,7-10,13-14H,3,6,11-12H2,1-2H3. The van der Waals surface area contributed by atoms with E-state index in [9.17, 15) is 9.59 Å². The molecule has 0 aliphatic heterocycles. The number of carbonyl (C=O) groups is 2. The summed E-state index contributed by atoms with van der Waals surface area (Å²) >= 11 is 6.10. The largest absolute Gasteiger partial charge is 0.426 e. The first-order valence-electron chi connectivity index (χ1n) is 8.80. The van der Waals surface area contributed by atoms with Gasteiger partial charge in [-0.05, 0) is 55.7 Å². The molecule has 0 unspecified atom stereocenters. The van der Waals surface area contributed by atoms with Gasteiger partial charge in [0.1, 0.15) is 5.75 Å². The molecule has 2 aromatic carbocycles. The molecule has 136 valence electrons. The zero-order chi connectivity index (χ0) is 18.7. The summed E-state index contributed by atoms with van der Waals surface area (Å²) < 4.78 is 5.67. The van der Waals surface area contributed by atoms with Crippen molar-refractivity contribution in [1.82, 2.24) is 4.90 Å². The summed E-state index contributed by atoms with van der Waals surface area (Å²) in [6, 6.07) is 14.2. The molecule has 0 aromatic heterocycles. The average Bonchev–Trinajstić information content (AvgIpc) is 2.59. The van der Waals surface area contributed by atoms with Gasteiger partial charge >= 0.3 is 5.97 Å². The Morgan fingerprint density at radius 1 is 1.15 bits per heavy atom. The van der Waals surface area contributed by atoms with Gasteiger partial charge in [0.15, 0.2) is 0 Å². The second kappa shape index (κ2) is 7.50. The quantitative estimate of drug-likeness (QED) is 0.576. The molecule has 0 saturated heterocycles. The molecule has 0 radical (unpaired) electrons. The number of carbonyl (C=O) groups excluding carboxylic acids is 2. The van der Waals surface area contributed by atoms with Gasteiger partial charge in [0.25, 0.3) is 5.91 Å². The fraction of sp³-hybridized carbons (Fsp3) is 0.333. The van der Waals surface area contributed by atoms with Crippen LogP contribution in [0, 0.1) is 0 Å². The summed E-state index contributed by atoms with van der Waals surface area (Å²) in [6.07, 6.45) is 2.45. The highest BCUT2D eigenvalue weighted by molar-refractivity contribution is 6.30. The molecule has 1 amide bonds. The maximum absolute atomic E-state index is 12.9. The van der Waals surface area contributed by atoms with Crippen LogP contribution in [0.4, 0.5) is 0 Å². The van der Waals surface area contributed by atoms with E-state index in [1.807, 2.05) is 25.1 Å². The minimum absolute atomic E-state index is 0.0985. The molecule has 0 bridgehead atoms. The van der Waals surface area contributed by atoms with Crippen molar-refractivity contribution in [1.29, 1.82) is 0 Å². The van der Waals surface area contributed by atoms with E-state index in [2.05, 4.69) is 0 Å². The van der Waals surface area contributed by atoms with Crippen LogP contribution in [-0.4, -0.2) is 30.4 Å². The molecule has 0 atom stereocenters. The Hall–Kier alpha value is -2.33. The number of rotatable bonds is 5. The van der Waals surface area contributed by atoms with Crippen LogP contribution in [0.5, 0.6) is 5.75 Å². The normalized spacial score (nSPS) is 15.0. The predicted octanol–water partition coefficient (Wildman–Crippen LogP) is 4.46. The molecule has 1 saturated carbocycles. The fourth-order valence-corrected chi connectivity index (χ4v) is 3.38. The van der Waals surface area contributed by atoms with Gasteiger partial charge < -0.3 is 9.64 Å².